The Morgan fingerprint density at radius 3 is 2.88 bits per heavy atom. The summed E-state index contributed by atoms with van der Waals surface area (Å²) in [7, 11) is 0. The molecule has 0 radical (unpaired) electrons. The maximum absolute atomic E-state index is 10.8. The molecule has 0 fully saturated rings. The summed E-state index contributed by atoms with van der Waals surface area (Å²) < 4.78 is 5.91. The van der Waals surface area contributed by atoms with Gasteiger partial charge in [0.15, 0.2) is 0 Å². The zero-order chi connectivity index (χ0) is 12.0. The summed E-state index contributed by atoms with van der Waals surface area (Å²) in [6.07, 6.45) is 0. The average molecular weight is 288 g/mol. The van der Waals surface area contributed by atoms with Crippen molar-refractivity contribution in [2.24, 2.45) is 0 Å². The van der Waals surface area contributed by atoms with Crippen molar-refractivity contribution in [3.05, 3.63) is 28.2 Å². The Bertz CT molecular complexity index is 368. The van der Waals surface area contributed by atoms with E-state index >= 15 is 0 Å². The van der Waals surface area contributed by atoms with Crippen molar-refractivity contribution < 1.29 is 14.6 Å². The third-order valence-electron chi connectivity index (χ3n) is 1.92. The first-order chi connectivity index (χ1) is 7.63. The number of carboxylic acids is 1. The molecule has 0 aliphatic carbocycles. The van der Waals surface area contributed by atoms with Gasteiger partial charge in [-0.05, 0) is 25.1 Å². The summed E-state index contributed by atoms with van der Waals surface area (Å²) in [5.41, 5.74) is 1.03. The number of nitrogens with one attached hydrogen (secondary N) is 1. The number of carboxylic acid groups (broad SMARTS) is 1. The van der Waals surface area contributed by atoms with E-state index in [-0.39, 0.29) is 5.56 Å². The van der Waals surface area contributed by atoms with Crippen molar-refractivity contribution in [3.8, 4) is 0 Å². The van der Waals surface area contributed by atoms with Crippen LogP contribution in [-0.2, 0) is 4.74 Å². The minimum absolute atomic E-state index is 0.258. The van der Waals surface area contributed by atoms with E-state index in [4.69, 9.17) is 9.84 Å². The number of aromatic carboxylic acids is 1. The normalized spacial score (nSPS) is 10.1. The fourth-order valence-electron chi connectivity index (χ4n) is 1.23. The zero-order valence-corrected chi connectivity index (χ0v) is 10.6. The molecule has 1 aromatic carbocycles. The van der Waals surface area contributed by atoms with Crippen LogP contribution in [0.25, 0.3) is 0 Å². The van der Waals surface area contributed by atoms with E-state index in [1.54, 1.807) is 12.1 Å². The number of hydrogen-bond acceptors (Lipinski definition) is 3. The van der Waals surface area contributed by atoms with Crippen LogP contribution < -0.4 is 5.32 Å². The molecule has 0 aliphatic rings. The van der Waals surface area contributed by atoms with E-state index in [1.807, 2.05) is 13.0 Å². The second-order valence-corrected chi connectivity index (χ2v) is 4.07. The van der Waals surface area contributed by atoms with Gasteiger partial charge in [0, 0.05) is 23.3 Å². The van der Waals surface area contributed by atoms with Crippen molar-refractivity contribution in [1.82, 2.24) is 0 Å². The number of anilines is 1. The monoisotopic (exact) mass is 287 g/mol. The van der Waals surface area contributed by atoms with Crippen LogP contribution in [0.2, 0.25) is 0 Å². The molecular formula is C11H14BrNO3. The van der Waals surface area contributed by atoms with E-state index in [1.165, 1.54) is 0 Å². The predicted molar refractivity (Wildman–Crippen MR) is 66.1 cm³/mol. The predicted octanol–water partition coefficient (Wildman–Crippen LogP) is 2.60. The maximum atomic E-state index is 10.8. The Hall–Kier alpha value is -1.07. The second-order valence-electron chi connectivity index (χ2n) is 3.16. The number of ether oxygens (including phenoxy) is 1. The van der Waals surface area contributed by atoms with Crippen LogP contribution in [0.1, 0.15) is 17.3 Å². The molecule has 0 atom stereocenters. The van der Waals surface area contributed by atoms with Gasteiger partial charge in [0.1, 0.15) is 0 Å². The first kappa shape index (κ1) is 13.0. The largest absolute Gasteiger partial charge is 0.478 e. The highest BCUT2D eigenvalue weighted by Crippen LogP contribution is 2.19. The fourth-order valence-corrected chi connectivity index (χ4v) is 1.72. The summed E-state index contributed by atoms with van der Waals surface area (Å²) >= 11 is 3.27. The van der Waals surface area contributed by atoms with Crippen LogP contribution in [0.3, 0.4) is 0 Å². The molecule has 0 saturated heterocycles. The quantitative estimate of drug-likeness (QED) is 0.790. The summed E-state index contributed by atoms with van der Waals surface area (Å²) in [6.45, 7) is 3.87. The molecule has 1 rings (SSSR count). The highest BCUT2D eigenvalue weighted by Gasteiger charge is 2.05. The molecule has 0 aliphatic heterocycles. The molecule has 0 amide bonds. The standard InChI is InChI=1S/C11H14BrNO3/c1-2-16-4-3-13-10-6-8(11(14)15)5-9(12)7-10/h5-7,13H,2-4H2,1H3,(H,14,15). The van der Waals surface area contributed by atoms with Crippen molar-refractivity contribution in [2.75, 3.05) is 25.1 Å². The molecular weight excluding hydrogens is 274 g/mol. The van der Waals surface area contributed by atoms with Crippen LogP contribution >= 0.6 is 15.9 Å². The van der Waals surface area contributed by atoms with Gasteiger partial charge in [-0.1, -0.05) is 15.9 Å². The lowest BCUT2D eigenvalue weighted by molar-refractivity contribution is 0.0697. The third-order valence-corrected chi connectivity index (χ3v) is 2.38. The molecule has 88 valence electrons. The molecule has 0 heterocycles. The van der Waals surface area contributed by atoms with Crippen molar-refractivity contribution in [1.29, 1.82) is 0 Å². The Morgan fingerprint density at radius 2 is 2.25 bits per heavy atom. The summed E-state index contributed by atoms with van der Waals surface area (Å²) in [4.78, 5) is 10.8. The molecule has 0 aromatic heterocycles. The van der Waals surface area contributed by atoms with Gasteiger partial charge in [0.2, 0.25) is 0 Å². The molecule has 0 saturated carbocycles. The molecule has 0 bridgehead atoms. The molecule has 0 unspecified atom stereocenters. The van der Waals surface area contributed by atoms with Crippen LogP contribution in [0.15, 0.2) is 22.7 Å². The van der Waals surface area contributed by atoms with E-state index in [0.29, 0.717) is 19.8 Å². The minimum Gasteiger partial charge on any atom is -0.478 e. The maximum Gasteiger partial charge on any atom is 0.335 e. The van der Waals surface area contributed by atoms with Crippen LogP contribution in [0.5, 0.6) is 0 Å². The van der Waals surface area contributed by atoms with Gasteiger partial charge in [0.05, 0.1) is 12.2 Å². The lowest BCUT2D eigenvalue weighted by Crippen LogP contribution is -2.09. The fraction of sp³-hybridized carbons (Fsp3) is 0.364. The Kier molecular flexibility index (Phi) is 5.28. The zero-order valence-electron chi connectivity index (χ0n) is 9.00. The summed E-state index contributed by atoms with van der Waals surface area (Å²) in [5.74, 6) is -0.936. The van der Waals surface area contributed by atoms with Gasteiger partial charge < -0.3 is 15.2 Å². The van der Waals surface area contributed by atoms with Crippen LogP contribution in [-0.4, -0.2) is 30.8 Å². The van der Waals surface area contributed by atoms with Crippen molar-refractivity contribution in [2.45, 2.75) is 6.92 Å². The second kappa shape index (κ2) is 6.50. The Morgan fingerprint density at radius 1 is 1.50 bits per heavy atom. The highest BCUT2D eigenvalue weighted by atomic mass is 79.9. The van der Waals surface area contributed by atoms with Crippen molar-refractivity contribution >= 4 is 27.6 Å². The van der Waals surface area contributed by atoms with Gasteiger partial charge in [-0.15, -0.1) is 0 Å². The van der Waals surface area contributed by atoms with Gasteiger partial charge in [-0.25, -0.2) is 4.79 Å². The molecule has 0 spiro atoms. The summed E-state index contributed by atoms with van der Waals surface area (Å²) in [5, 5.41) is 12.0. The van der Waals surface area contributed by atoms with E-state index in [0.717, 1.165) is 10.2 Å². The minimum atomic E-state index is -0.936. The van der Waals surface area contributed by atoms with Gasteiger partial charge in [0.25, 0.3) is 0 Å². The van der Waals surface area contributed by atoms with Gasteiger partial charge in [-0.2, -0.15) is 0 Å². The van der Waals surface area contributed by atoms with E-state index < -0.39 is 5.97 Å². The van der Waals surface area contributed by atoms with Crippen LogP contribution in [0, 0.1) is 0 Å². The number of benzene rings is 1. The smallest absolute Gasteiger partial charge is 0.335 e. The van der Waals surface area contributed by atoms with E-state index in [2.05, 4.69) is 21.2 Å². The highest BCUT2D eigenvalue weighted by molar-refractivity contribution is 9.10. The number of rotatable bonds is 6. The number of halogens is 1. The Balaban J connectivity index is 2.62. The van der Waals surface area contributed by atoms with Crippen molar-refractivity contribution in [3.63, 3.8) is 0 Å². The van der Waals surface area contributed by atoms with Crippen LogP contribution in [0.4, 0.5) is 5.69 Å². The number of carbonyl (C=O) groups is 1. The van der Waals surface area contributed by atoms with E-state index in [9.17, 15) is 4.79 Å². The lowest BCUT2D eigenvalue weighted by Gasteiger charge is -2.08. The molecule has 4 nitrogen and oxygen atoms in total. The van der Waals surface area contributed by atoms with Gasteiger partial charge >= 0.3 is 5.97 Å². The topological polar surface area (TPSA) is 58.6 Å². The first-order valence-electron chi connectivity index (χ1n) is 4.99. The molecule has 1 aromatic rings. The first-order valence-corrected chi connectivity index (χ1v) is 5.78. The van der Waals surface area contributed by atoms with Gasteiger partial charge in [-0.3, -0.25) is 0 Å². The average Bonchev–Trinajstić information content (AvgIpc) is 2.23. The third kappa shape index (κ3) is 4.20. The molecule has 2 N–H and O–H groups in total. The number of hydrogen-bond donors (Lipinski definition) is 2. The lowest BCUT2D eigenvalue weighted by atomic mass is 10.2. The molecule has 16 heavy (non-hydrogen) atoms. The Labute approximate surface area is 103 Å². The molecule has 5 heteroatoms. The summed E-state index contributed by atoms with van der Waals surface area (Å²) in [6, 6.07) is 4.99. The SMILES string of the molecule is CCOCCNc1cc(Br)cc(C(=O)O)c1.